The summed E-state index contributed by atoms with van der Waals surface area (Å²) in [4.78, 5) is 4.16. The minimum Gasteiger partial charge on any atom is -0.396 e. The van der Waals surface area contributed by atoms with Crippen molar-refractivity contribution in [3.05, 3.63) is 18.5 Å². The fourth-order valence-electron chi connectivity index (χ4n) is 1.59. The zero-order valence-corrected chi connectivity index (χ0v) is 10.0. The Morgan fingerprint density at radius 3 is 2.69 bits per heavy atom. The SMILES string of the molecule is CCNc1cncc(NC(CC)CCO)c1. The Morgan fingerprint density at radius 2 is 2.06 bits per heavy atom. The van der Waals surface area contributed by atoms with Crippen molar-refractivity contribution in [3.8, 4) is 0 Å². The molecule has 0 aromatic carbocycles. The molecule has 0 aliphatic heterocycles. The summed E-state index contributed by atoms with van der Waals surface area (Å²) < 4.78 is 0. The van der Waals surface area contributed by atoms with Crippen LogP contribution in [0.4, 0.5) is 11.4 Å². The van der Waals surface area contributed by atoms with Crippen LogP contribution in [0.5, 0.6) is 0 Å². The molecule has 0 amide bonds. The van der Waals surface area contributed by atoms with Crippen molar-refractivity contribution in [2.75, 3.05) is 23.8 Å². The Balaban J connectivity index is 2.60. The van der Waals surface area contributed by atoms with Gasteiger partial charge in [-0.25, -0.2) is 0 Å². The summed E-state index contributed by atoms with van der Waals surface area (Å²) in [5.41, 5.74) is 2.02. The lowest BCUT2D eigenvalue weighted by Gasteiger charge is -2.17. The van der Waals surface area contributed by atoms with E-state index >= 15 is 0 Å². The van der Waals surface area contributed by atoms with E-state index < -0.39 is 0 Å². The van der Waals surface area contributed by atoms with Gasteiger partial charge in [0.1, 0.15) is 0 Å². The van der Waals surface area contributed by atoms with Gasteiger partial charge in [0.2, 0.25) is 0 Å². The minimum absolute atomic E-state index is 0.214. The lowest BCUT2D eigenvalue weighted by Crippen LogP contribution is -2.19. The first kappa shape index (κ1) is 12.8. The van der Waals surface area contributed by atoms with E-state index in [4.69, 9.17) is 5.11 Å². The fourth-order valence-corrected chi connectivity index (χ4v) is 1.59. The molecular weight excluding hydrogens is 202 g/mol. The molecule has 3 N–H and O–H groups in total. The molecule has 0 saturated heterocycles. The smallest absolute Gasteiger partial charge is 0.0549 e. The lowest BCUT2D eigenvalue weighted by molar-refractivity contribution is 0.278. The van der Waals surface area contributed by atoms with E-state index in [-0.39, 0.29) is 6.61 Å². The number of aliphatic hydroxyl groups is 1. The van der Waals surface area contributed by atoms with Gasteiger partial charge >= 0.3 is 0 Å². The summed E-state index contributed by atoms with van der Waals surface area (Å²) in [7, 11) is 0. The molecule has 1 atom stereocenters. The maximum Gasteiger partial charge on any atom is 0.0549 e. The van der Waals surface area contributed by atoms with Crippen LogP contribution in [0.25, 0.3) is 0 Å². The standard InChI is InChI=1S/C12H21N3O/c1-3-10(5-6-16)15-12-7-11(14-4-2)8-13-9-12/h7-10,14-16H,3-6H2,1-2H3. The number of pyridine rings is 1. The van der Waals surface area contributed by atoms with Crippen LogP contribution in [0.1, 0.15) is 26.7 Å². The van der Waals surface area contributed by atoms with Gasteiger partial charge in [0, 0.05) is 19.2 Å². The summed E-state index contributed by atoms with van der Waals surface area (Å²) in [6.07, 6.45) is 5.37. The highest BCUT2D eigenvalue weighted by Crippen LogP contribution is 2.15. The van der Waals surface area contributed by atoms with Crippen LogP contribution < -0.4 is 10.6 Å². The predicted octanol–water partition coefficient (Wildman–Crippen LogP) is 2.09. The Kier molecular flexibility index (Phi) is 5.64. The molecule has 0 spiro atoms. The average molecular weight is 223 g/mol. The molecule has 4 nitrogen and oxygen atoms in total. The average Bonchev–Trinajstić information content (AvgIpc) is 2.29. The Bertz CT molecular complexity index is 304. The first-order valence-electron chi connectivity index (χ1n) is 5.86. The zero-order valence-electron chi connectivity index (χ0n) is 10.0. The second-order valence-electron chi connectivity index (χ2n) is 3.75. The van der Waals surface area contributed by atoms with Gasteiger partial charge in [0.25, 0.3) is 0 Å². The minimum atomic E-state index is 0.214. The van der Waals surface area contributed by atoms with Gasteiger partial charge in [0.15, 0.2) is 0 Å². The highest BCUT2D eigenvalue weighted by atomic mass is 16.3. The fraction of sp³-hybridized carbons (Fsp3) is 0.583. The van der Waals surface area contributed by atoms with Crippen LogP contribution in [0.2, 0.25) is 0 Å². The van der Waals surface area contributed by atoms with Crippen LogP contribution in [0.3, 0.4) is 0 Å². The number of anilines is 2. The summed E-state index contributed by atoms with van der Waals surface area (Å²) in [5, 5.41) is 15.5. The number of rotatable bonds is 7. The molecule has 1 rings (SSSR count). The molecule has 4 heteroatoms. The van der Waals surface area contributed by atoms with E-state index in [1.807, 2.05) is 12.3 Å². The van der Waals surface area contributed by atoms with E-state index in [1.54, 1.807) is 6.20 Å². The third kappa shape index (κ3) is 4.06. The molecular formula is C12H21N3O. The molecule has 1 aromatic heterocycles. The number of hydrogen-bond donors (Lipinski definition) is 3. The second-order valence-corrected chi connectivity index (χ2v) is 3.75. The highest BCUT2D eigenvalue weighted by Gasteiger charge is 2.05. The Morgan fingerprint density at radius 1 is 1.31 bits per heavy atom. The summed E-state index contributed by atoms with van der Waals surface area (Å²) in [6, 6.07) is 2.35. The van der Waals surface area contributed by atoms with E-state index in [0.29, 0.717) is 6.04 Å². The molecule has 0 saturated carbocycles. The topological polar surface area (TPSA) is 57.2 Å². The molecule has 0 bridgehead atoms. The molecule has 90 valence electrons. The van der Waals surface area contributed by atoms with E-state index in [9.17, 15) is 0 Å². The zero-order chi connectivity index (χ0) is 11.8. The van der Waals surface area contributed by atoms with Crippen LogP contribution in [0, 0.1) is 0 Å². The van der Waals surface area contributed by atoms with Crippen molar-refractivity contribution in [1.82, 2.24) is 4.98 Å². The van der Waals surface area contributed by atoms with Crippen molar-refractivity contribution >= 4 is 11.4 Å². The summed E-state index contributed by atoms with van der Waals surface area (Å²) in [6.45, 7) is 5.26. The molecule has 0 aliphatic rings. The Labute approximate surface area is 97.1 Å². The van der Waals surface area contributed by atoms with Gasteiger partial charge in [-0.15, -0.1) is 0 Å². The lowest BCUT2D eigenvalue weighted by atomic mass is 10.1. The number of aromatic nitrogens is 1. The Hall–Kier alpha value is -1.29. The van der Waals surface area contributed by atoms with E-state index in [1.165, 1.54) is 0 Å². The van der Waals surface area contributed by atoms with Crippen molar-refractivity contribution < 1.29 is 5.11 Å². The number of aliphatic hydroxyl groups excluding tert-OH is 1. The molecule has 0 fully saturated rings. The van der Waals surface area contributed by atoms with Gasteiger partial charge < -0.3 is 15.7 Å². The molecule has 0 aliphatic carbocycles. The van der Waals surface area contributed by atoms with Gasteiger partial charge in [0.05, 0.1) is 23.8 Å². The molecule has 1 unspecified atom stereocenters. The molecule has 16 heavy (non-hydrogen) atoms. The molecule has 1 heterocycles. The molecule has 0 radical (unpaired) electrons. The van der Waals surface area contributed by atoms with Crippen LogP contribution >= 0.6 is 0 Å². The van der Waals surface area contributed by atoms with Crippen molar-refractivity contribution in [1.29, 1.82) is 0 Å². The predicted molar refractivity (Wildman–Crippen MR) is 67.8 cm³/mol. The quantitative estimate of drug-likeness (QED) is 0.662. The number of hydrogen-bond acceptors (Lipinski definition) is 4. The van der Waals surface area contributed by atoms with Gasteiger partial charge in [-0.2, -0.15) is 0 Å². The number of nitrogens with one attached hydrogen (secondary N) is 2. The maximum atomic E-state index is 8.92. The van der Waals surface area contributed by atoms with Gasteiger partial charge in [-0.05, 0) is 25.8 Å². The van der Waals surface area contributed by atoms with Gasteiger partial charge in [-0.3, -0.25) is 4.98 Å². The largest absolute Gasteiger partial charge is 0.396 e. The van der Waals surface area contributed by atoms with Crippen LogP contribution in [-0.2, 0) is 0 Å². The third-order valence-electron chi connectivity index (χ3n) is 2.46. The van der Waals surface area contributed by atoms with Crippen molar-refractivity contribution in [2.24, 2.45) is 0 Å². The van der Waals surface area contributed by atoms with Crippen LogP contribution in [-0.4, -0.2) is 29.3 Å². The first-order valence-corrected chi connectivity index (χ1v) is 5.86. The monoisotopic (exact) mass is 223 g/mol. The molecule has 1 aromatic rings. The number of nitrogens with zero attached hydrogens (tertiary/aromatic N) is 1. The van der Waals surface area contributed by atoms with E-state index in [0.717, 1.165) is 30.8 Å². The van der Waals surface area contributed by atoms with E-state index in [2.05, 4.69) is 29.5 Å². The first-order chi connectivity index (χ1) is 7.80. The second kappa shape index (κ2) is 7.06. The highest BCUT2D eigenvalue weighted by molar-refractivity contribution is 5.54. The van der Waals surface area contributed by atoms with Crippen LogP contribution in [0.15, 0.2) is 18.5 Å². The third-order valence-corrected chi connectivity index (χ3v) is 2.46. The summed E-state index contributed by atoms with van der Waals surface area (Å²) in [5.74, 6) is 0. The summed E-state index contributed by atoms with van der Waals surface area (Å²) >= 11 is 0. The van der Waals surface area contributed by atoms with Crippen molar-refractivity contribution in [3.63, 3.8) is 0 Å². The maximum absolute atomic E-state index is 8.92. The van der Waals surface area contributed by atoms with Crippen molar-refractivity contribution in [2.45, 2.75) is 32.7 Å². The van der Waals surface area contributed by atoms with Gasteiger partial charge in [-0.1, -0.05) is 6.92 Å². The normalized spacial score (nSPS) is 12.2.